The van der Waals surface area contributed by atoms with Crippen LogP contribution in [0.5, 0.6) is 17.2 Å². The van der Waals surface area contributed by atoms with Crippen molar-refractivity contribution in [1.29, 1.82) is 0 Å². The molecule has 234 valence electrons. The van der Waals surface area contributed by atoms with Crippen molar-refractivity contribution < 1.29 is 28.5 Å². The van der Waals surface area contributed by atoms with E-state index in [0.29, 0.717) is 67.3 Å². The van der Waals surface area contributed by atoms with E-state index in [2.05, 4.69) is 20.9 Å². The Morgan fingerprint density at radius 2 is 1.77 bits per heavy atom. The highest BCUT2D eigenvalue weighted by Crippen LogP contribution is 2.50. The summed E-state index contributed by atoms with van der Waals surface area (Å²) >= 11 is 0. The number of rotatable bonds is 13. The fourth-order valence-corrected chi connectivity index (χ4v) is 5.77. The van der Waals surface area contributed by atoms with Gasteiger partial charge in [-0.25, -0.2) is 0 Å². The van der Waals surface area contributed by atoms with E-state index in [1.165, 1.54) is 6.92 Å². The maximum Gasteiger partial charge on any atom is 0.220 e. The normalized spacial score (nSPS) is 16.2. The van der Waals surface area contributed by atoms with Gasteiger partial charge in [-0.2, -0.15) is 0 Å². The fraction of sp³-hybridized carbons (Fsp3) is 0.531. The first-order chi connectivity index (χ1) is 20.9. The second-order valence-corrected chi connectivity index (χ2v) is 10.8. The number of benzene rings is 1. The minimum Gasteiger partial charge on any atom is -0.493 e. The maximum absolute atomic E-state index is 13.4. The van der Waals surface area contributed by atoms with E-state index in [1.807, 2.05) is 12.1 Å². The van der Waals surface area contributed by atoms with Gasteiger partial charge >= 0.3 is 0 Å². The van der Waals surface area contributed by atoms with Gasteiger partial charge in [0.25, 0.3) is 0 Å². The van der Waals surface area contributed by atoms with Gasteiger partial charge < -0.3 is 34.9 Å². The molecule has 11 heteroatoms. The molecule has 0 aromatic heterocycles. The Balaban J connectivity index is 1.48. The summed E-state index contributed by atoms with van der Waals surface area (Å²) in [6.45, 7) is 6.96. The van der Waals surface area contributed by atoms with Gasteiger partial charge in [0.05, 0.1) is 46.3 Å². The summed E-state index contributed by atoms with van der Waals surface area (Å²) < 4.78 is 22.4. The molecular formula is C32H44N4O7. The molecular weight excluding hydrogens is 552 g/mol. The topological polar surface area (TPSA) is 127 Å². The first-order valence-corrected chi connectivity index (χ1v) is 14.9. The van der Waals surface area contributed by atoms with E-state index < -0.39 is 0 Å². The van der Waals surface area contributed by atoms with E-state index in [-0.39, 0.29) is 23.3 Å². The minimum atomic E-state index is -0.374. The Morgan fingerprint density at radius 1 is 1.00 bits per heavy atom. The second kappa shape index (κ2) is 15.6. The van der Waals surface area contributed by atoms with Crippen molar-refractivity contribution in [2.24, 2.45) is 0 Å². The zero-order valence-electron chi connectivity index (χ0n) is 25.7. The second-order valence-electron chi connectivity index (χ2n) is 10.8. The van der Waals surface area contributed by atoms with Crippen LogP contribution >= 0.6 is 0 Å². The third-order valence-corrected chi connectivity index (χ3v) is 7.89. The van der Waals surface area contributed by atoms with Crippen LogP contribution in [0.1, 0.15) is 49.8 Å². The molecule has 2 aliphatic rings. The van der Waals surface area contributed by atoms with Crippen molar-refractivity contribution in [2.45, 2.75) is 45.1 Å². The van der Waals surface area contributed by atoms with Gasteiger partial charge in [0, 0.05) is 45.1 Å². The number of fused-ring (bicyclic) bond motifs is 3. The Morgan fingerprint density at radius 3 is 2.47 bits per heavy atom. The van der Waals surface area contributed by atoms with E-state index in [1.54, 1.807) is 33.5 Å². The van der Waals surface area contributed by atoms with Crippen LogP contribution in [-0.4, -0.2) is 84.0 Å². The summed E-state index contributed by atoms with van der Waals surface area (Å²) in [5.41, 5.74) is 3.45. The van der Waals surface area contributed by atoms with Crippen LogP contribution in [0.3, 0.4) is 0 Å². The van der Waals surface area contributed by atoms with Gasteiger partial charge in [-0.3, -0.25) is 19.3 Å². The Kier molecular flexibility index (Phi) is 11.6. The van der Waals surface area contributed by atoms with Gasteiger partial charge in [0.1, 0.15) is 0 Å². The first-order valence-electron chi connectivity index (χ1n) is 14.9. The number of carbonyl (C=O) groups is 2. The smallest absolute Gasteiger partial charge is 0.220 e. The number of carbonyl (C=O) groups excluding carboxylic acids is 2. The molecule has 11 nitrogen and oxygen atoms in total. The third kappa shape index (κ3) is 8.17. The average Bonchev–Trinajstić information content (AvgIpc) is 3.25. The van der Waals surface area contributed by atoms with Crippen molar-refractivity contribution in [3.05, 3.63) is 45.6 Å². The molecule has 1 atom stereocenters. The molecule has 2 aromatic rings. The number of nitrogens with one attached hydrogen (secondary N) is 3. The SMILES string of the molecule is COc1cc2c(c(OC)c1OC)-c1ccc(NCCCC(=O)NCCCN3CCOCC3)c(=O)cc1[C@@H](NC(C)=O)CC2. The minimum absolute atomic E-state index is 0.00248. The first kappa shape index (κ1) is 32.1. The van der Waals surface area contributed by atoms with Gasteiger partial charge in [-0.05, 0) is 67.1 Å². The molecule has 43 heavy (non-hydrogen) atoms. The molecule has 2 aromatic carbocycles. The molecule has 0 bridgehead atoms. The summed E-state index contributed by atoms with van der Waals surface area (Å²) in [5, 5.41) is 9.22. The quantitative estimate of drug-likeness (QED) is 0.299. The standard InChI is InChI=1S/C32H44N4O7/c1-21(37)35-25-10-8-22-19-28(40-2)31(41-3)32(42-4)30(22)23-9-11-26(27(38)20-24(23)25)33-12-5-7-29(39)34-13-6-14-36-15-17-43-18-16-36/h9,11,19-20,25H,5-8,10,12-18H2,1-4H3,(H,33,38)(H,34,39)(H,35,37)/t25-/m0/s1. The number of hydrogen-bond donors (Lipinski definition) is 3. The van der Waals surface area contributed by atoms with Crippen LogP contribution in [0.4, 0.5) is 5.69 Å². The van der Waals surface area contributed by atoms with Gasteiger partial charge in [-0.1, -0.05) is 6.07 Å². The molecule has 1 fully saturated rings. The highest BCUT2D eigenvalue weighted by molar-refractivity contribution is 5.83. The van der Waals surface area contributed by atoms with Crippen molar-refractivity contribution in [1.82, 2.24) is 15.5 Å². The predicted molar refractivity (Wildman–Crippen MR) is 165 cm³/mol. The fourth-order valence-electron chi connectivity index (χ4n) is 5.77. The molecule has 0 spiro atoms. The molecule has 1 aliphatic heterocycles. The number of amides is 2. The van der Waals surface area contributed by atoms with Crippen molar-refractivity contribution in [3.8, 4) is 28.4 Å². The van der Waals surface area contributed by atoms with E-state index in [0.717, 1.165) is 56.0 Å². The molecule has 2 amide bonds. The summed E-state index contributed by atoms with van der Waals surface area (Å²) in [7, 11) is 4.70. The van der Waals surface area contributed by atoms with E-state index in [4.69, 9.17) is 18.9 Å². The highest BCUT2D eigenvalue weighted by atomic mass is 16.5. The molecule has 1 saturated heterocycles. The third-order valence-electron chi connectivity index (χ3n) is 7.89. The summed E-state index contributed by atoms with van der Waals surface area (Å²) in [4.78, 5) is 40.2. The summed E-state index contributed by atoms with van der Waals surface area (Å²) in [5.74, 6) is 1.33. The molecule has 1 aliphatic carbocycles. The predicted octanol–water partition coefficient (Wildman–Crippen LogP) is 2.89. The van der Waals surface area contributed by atoms with Crippen LogP contribution in [0.25, 0.3) is 11.1 Å². The number of methoxy groups -OCH3 is 3. The van der Waals surface area contributed by atoms with Crippen LogP contribution in [0.15, 0.2) is 29.1 Å². The Bertz CT molecular complexity index is 1340. The van der Waals surface area contributed by atoms with Crippen LogP contribution in [0, 0.1) is 0 Å². The number of anilines is 1. The molecule has 3 N–H and O–H groups in total. The van der Waals surface area contributed by atoms with E-state index >= 15 is 0 Å². The number of morpholine rings is 1. The molecule has 0 saturated carbocycles. The monoisotopic (exact) mass is 596 g/mol. The zero-order valence-corrected chi connectivity index (χ0v) is 25.7. The largest absolute Gasteiger partial charge is 0.493 e. The van der Waals surface area contributed by atoms with Crippen LogP contribution in [0.2, 0.25) is 0 Å². The average molecular weight is 597 g/mol. The van der Waals surface area contributed by atoms with Crippen LogP contribution < -0.4 is 35.6 Å². The summed E-state index contributed by atoms with van der Waals surface area (Å²) in [6, 6.07) is 6.78. The lowest BCUT2D eigenvalue weighted by Crippen LogP contribution is -2.38. The molecule has 0 unspecified atom stereocenters. The summed E-state index contributed by atoms with van der Waals surface area (Å²) in [6.07, 6.45) is 3.07. The molecule has 0 radical (unpaired) electrons. The maximum atomic E-state index is 13.4. The van der Waals surface area contributed by atoms with Gasteiger partial charge in [0.2, 0.25) is 23.0 Å². The molecule has 1 heterocycles. The van der Waals surface area contributed by atoms with Crippen LogP contribution in [-0.2, 0) is 20.7 Å². The Labute approximate surface area is 253 Å². The number of ether oxygens (including phenoxy) is 4. The zero-order chi connectivity index (χ0) is 30.8. The number of aryl methyl sites for hydroxylation is 1. The Hall–Kier alpha value is -3.83. The number of nitrogens with zero attached hydrogens (tertiary/aromatic N) is 1. The van der Waals surface area contributed by atoms with Gasteiger partial charge in [0.15, 0.2) is 11.5 Å². The number of hydrogen-bond acceptors (Lipinski definition) is 9. The lowest BCUT2D eigenvalue weighted by molar-refractivity contribution is -0.121. The van der Waals surface area contributed by atoms with Crippen molar-refractivity contribution >= 4 is 17.5 Å². The van der Waals surface area contributed by atoms with Gasteiger partial charge in [-0.15, -0.1) is 0 Å². The molecule has 4 rings (SSSR count). The highest BCUT2D eigenvalue weighted by Gasteiger charge is 2.29. The lowest BCUT2D eigenvalue weighted by Gasteiger charge is -2.26. The van der Waals surface area contributed by atoms with E-state index in [9.17, 15) is 14.4 Å². The lowest BCUT2D eigenvalue weighted by atomic mass is 9.95. The van der Waals surface area contributed by atoms with Crippen molar-refractivity contribution in [3.63, 3.8) is 0 Å². The van der Waals surface area contributed by atoms with Crippen molar-refractivity contribution in [2.75, 3.05) is 72.6 Å².